The minimum absolute atomic E-state index is 0.00701. The number of para-hydroxylation sites is 1. The third kappa shape index (κ3) is 4.27. The van der Waals surface area contributed by atoms with Gasteiger partial charge in [-0.05, 0) is 18.6 Å². The Morgan fingerprint density at radius 2 is 1.94 bits per heavy atom. The first kappa shape index (κ1) is 14.9. The number of nitrogens with zero attached hydrogens (tertiary/aromatic N) is 1. The molecule has 6 heteroatoms. The summed E-state index contributed by atoms with van der Waals surface area (Å²) in [5, 5.41) is 0. The molecule has 0 atom stereocenters. The molecule has 4 nitrogen and oxygen atoms in total. The molecule has 1 aromatic carbocycles. The van der Waals surface area contributed by atoms with Gasteiger partial charge in [0.1, 0.15) is 5.75 Å². The van der Waals surface area contributed by atoms with E-state index in [9.17, 15) is 8.42 Å². The van der Waals surface area contributed by atoms with Crippen LogP contribution in [0.5, 0.6) is 0 Å². The molecule has 1 aromatic rings. The van der Waals surface area contributed by atoms with Gasteiger partial charge in [0.2, 0.25) is 10.0 Å². The van der Waals surface area contributed by atoms with Crippen LogP contribution < -0.4 is 10.0 Å². The Morgan fingerprint density at radius 1 is 1.33 bits per heavy atom. The van der Waals surface area contributed by atoms with Gasteiger partial charge >= 0.3 is 0 Å². The maximum absolute atomic E-state index is 12.2. The molecule has 0 saturated heterocycles. The predicted molar refractivity (Wildman–Crippen MR) is 79.3 cm³/mol. The summed E-state index contributed by atoms with van der Waals surface area (Å²) in [4.78, 5) is -0.00701. The molecule has 0 bridgehead atoms. The molecular formula is C12H18N2O2S2. The predicted octanol–water partition coefficient (Wildman–Crippen LogP) is 1.91. The normalized spacial score (nSPS) is 11.2. The molecule has 0 unspecified atom stereocenters. The van der Waals surface area contributed by atoms with Crippen LogP contribution in [-0.2, 0) is 10.0 Å². The summed E-state index contributed by atoms with van der Waals surface area (Å²) in [5.41, 5.74) is 6.00. The van der Waals surface area contributed by atoms with E-state index in [1.165, 1.54) is 4.31 Å². The van der Waals surface area contributed by atoms with E-state index in [4.69, 9.17) is 18.0 Å². The topological polar surface area (TPSA) is 63.4 Å². The van der Waals surface area contributed by atoms with Crippen molar-refractivity contribution in [3.8, 4) is 0 Å². The third-order valence-electron chi connectivity index (χ3n) is 2.42. The number of anilines is 1. The zero-order valence-electron chi connectivity index (χ0n) is 10.4. The zero-order valence-corrected chi connectivity index (χ0v) is 12.0. The molecule has 0 amide bonds. The van der Waals surface area contributed by atoms with E-state index in [2.05, 4.69) is 0 Å². The van der Waals surface area contributed by atoms with Gasteiger partial charge in [-0.1, -0.05) is 43.8 Å². The van der Waals surface area contributed by atoms with Crippen LogP contribution in [0.2, 0.25) is 0 Å². The summed E-state index contributed by atoms with van der Waals surface area (Å²) in [5.74, 6) is -0.291. The van der Waals surface area contributed by atoms with Crippen LogP contribution in [0, 0.1) is 0 Å². The fraction of sp³-hybridized carbons (Fsp3) is 0.417. The standard InChI is InChI=1S/C12H18N2O2S2/c1-2-3-9-14(11-7-5-4-6-8-11)18(15,16)10-12(13)17/h4-8H,2-3,9-10H2,1H3,(H2,13,17). The molecule has 18 heavy (non-hydrogen) atoms. The lowest BCUT2D eigenvalue weighted by atomic mass is 10.3. The van der Waals surface area contributed by atoms with Gasteiger partial charge in [-0.3, -0.25) is 4.31 Å². The molecule has 0 fully saturated rings. The number of hydrogen-bond donors (Lipinski definition) is 1. The van der Waals surface area contributed by atoms with E-state index in [-0.39, 0.29) is 10.7 Å². The van der Waals surface area contributed by atoms with Gasteiger partial charge < -0.3 is 5.73 Å². The monoisotopic (exact) mass is 286 g/mol. The van der Waals surface area contributed by atoms with Crippen LogP contribution in [0.4, 0.5) is 5.69 Å². The lowest BCUT2D eigenvalue weighted by molar-refractivity contribution is 0.592. The van der Waals surface area contributed by atoms with Crippen LogP contribution in [0.25, 0.3) is 0 Å². The van der Waals surface area contributed by atoms with Crippen molar-refractivity contribution in [2.75, 3.05) is 16.6 Å². The maximum atomic E-state index is 12.2. The summed E-state index contributed by atoms with van der Waals surface area (Å²) in [6.45, 7) is 2.47. The number of rotatable bonds is 7. The SMILES string of the molecule is CCCCN(c1ccccc1)S(=O)(=O)CC(N)=S. The molecule has 0 aliphatic rings. The van der Waals surface area contributed by atoms with E-state index >= 15 is 0 Å². The number of thiocarbonyl (C=S) groups is 1. The smallest absolute Gasteiger partial charge is 0.241 e. The number of sulfonamides is 1. The summed E-state index contributed by atoms with van der Waals surface area (Å²) in [6, 6.07) is 9.01. The second-order valence-corrected chi connectivity index (χ2v) is 6.40. The van der Waals surface area contributed by atoms with Crippen LogP contribution >= 0.6 is 12.2 Å². The van der Waals surface area contributed by atoms with Gasteiger partial charge in [0.05, 0.1) is 10.7 Å². The molecule has 2 N–H and O–H groups in total. The third-order valence-corrected chi connectivity index (χ3v) is 4.49. The fourth-order valence-electron chi connectivity index (χ4n) is 1.58. The average molecular weight is 286 g/mol. The molecule has 100 valence electrons. The van der Waals surface area contributed by atoms with E-state index < -0.39 is 10.0 Å². The van der Waals surface area contributed by atoms with Crippen LogP contribution in [0.1, 0.15) is 19.8 Å². The number of hydrogen-bond acceptors (Lipinski definition) is 3. The summed E-state index contributed by atoms with van der Waals surface area (Å²) >= 11 is 4.70. The van der Waals surface area contributed by atoms with Gasteiger partial charge in [-0.2, -0.15) is 0 Å². The van der Waals surface area contributed by atoms with Gasteiger partial charge in [0, 0.05) is 6.54 Å². The Morgan fingerprint density at radius 3 is 2.44 bits per heavy atom. The first-order valence-electron chi connectivity index (χ1n) is 5.81. The van der Waals surface area contributed by atoms with Gasteiger partial charge in [-0.25, -0.2) is 8.42 Å². The van der Waals surface area contributed by atoms with Crippen molar-refractivity contribution < 1.29 is 8.42 Å². The zero-order chi connectivity index (χ0) is 13.6. The quantitative estimate of drug-likeness (QED) is 0.778. The van der Waals surface area contributed by atoms with Crippen molar-refractivity contribution in [1.29, 1.82) is 0 Å². The highest BCUT2D eigenvalue weighted by atomic mass is 32.2. The van der Waals surface area contributed by atoms with E-state index in [0.29, 0.717) is 12.2 Å². The Kier molecular flexibility index (Phi) is 5.55. The molecule has 0 radical (unpaired) electrons. The van der Waals surface area contributed by atoms with Crippen molar-refractivity contribution in [2.24, 2.45) is 5.73 Å². The lowest BCUT2D eigenvalue weighted by Gasteiger charge is -2.24. The van der Waals surface area contributed by atoms with Crippen molar-refractivity contribution >= 4 is 32.9 Å². The largest absolute Gasteiger partial charge is 0.392 e. The lowest BCUT2D eigenvalue weighted by Crippen LogP contribution is -2.37. The van der Waals surface area contributed by atoms with Crippen molar-refractivity contribution in [2.45, 2.75) is 19.8 Å². The van der Waals surface area contributed by atoms with E-state index in [1.807, 2.05) is 25.1 Å². The minimum atomic E-state index is -3.48. The highest BCUT2D eigenvalue weighted by Gasteiger charge is 2.22. The average Bonchev–Trinajstić information content (AvgIpc) is 2.29. The molecular weight excluding hydrogens is 268 g/mol. The van der Waals surface area contributed by atoms with Gasteiger partial charge in [0.15, 0.2) is 0 Å². The number of unbranched alkanes of at least 4 members (excludes halogenated alkanes) is 1. The number of benzene rings is 1. The Labute approximate surface area is 114 Å². The first-order valence-corrected chi connectivity index (χ1v) is 7.83. The second kappa shape index (κ2) is 6.70. The number of nitrogens with two attached hydrogens (primary N) is 1. The first-order chi connectivity index (χ1) is 8.47. The van der Waals surface area contributed by atoms with E-state index in [0.717, 1.165) is 12.8 Å². The molecule has 0 aromatic heterocycles. The van der Waals surface area contributed by atoms with Crippen molar-refractivity contribution in [1.82, 2.24) is 0 Å². The van der Waals surface area contributed by atoms with Crippen LogP contribution in [0.15, 0.2) is 30.3 Å². The highest BCUT2D eigenvalue weighted by molar-refractivity contribution is 7.95. The van der Waals surface area contributed by atoms with Gasteiger partial charge in [0.25, 0.3) is 0 Å². The van der Waals surface area contributed by atoms with Crippen molar-refractivity contribution in [3.63, 3.8) is 0 Å². The molecule has 0 aliphatic carbocycles. The molecule has 0 aliphatic heterocycles. The molecule has 1 rings (SSSR count). The minimum Gasteiger partial charge on any atom is -0.392 e. The summed E-state index contributed by atoms with van der Waals surface area (Å²) in [6.07, 6.45) is 1.72. The molecule has 0 heterocycles. The highest BCUT2D eigenvalue weighted by Crippen LogP contribution is 2.18. The van der Waals surface area contributed by atoms with Crippen LogP contribution in [-0.4, -0.2) is 25.7 Å². The maximum Gasteiger partial charge on any atom is 0.241 e. The Hall–Kier alpha value is -1.14. The summed E-state index contributed by atoms with van der Waals surface area (Å²) < 4.78 is 25.8. The molecule has 0 spiro atoms. The second-order valence-electron chi connectivity index (χ2n) is 3.98. The van der Waals surface area contributed by atoms with E-state index in [1.54, 1.807) is 12.1 Å². The Bertz CT molecular complexity index is 486. The fourth-order valence-corrected chi connectivity index (χ4v) is 3.39. The van der Waals surface area contributed by atoms with Gasteiger partial charge in [-0.15, -0.1) is 0 Å². The molecule has 0 saturated carbocycles. The van der Waals surface area contributed by atoms with Crippen LogP contribution in [0.3, 0.4) is 0 Å². The van der Waals surface area contributed by atoms with Crippen molar-refractivity contribution in [3.05, 3.63) is 30.3 Å². The summed E-state index contributed by atoms with van der Waals surface area (Å²) in [7, 11) is -3.48. The Balaban J connectivity index is 3.02.